The van der Waals surface area contributed by atoms with Gasteiger partial charge in [-0.15, -0.1) is 0 Å². The van der Waals surface area contributed by atoms with Crippen LogP contribution in [0.2, 0.25) is 5.02 Å². The molecule has 0 spiro atoms. The van der Waals surface area contributed by atoms with E-state index in [9.17, 15) is 5.11 Å². The fraction of sp³-hybridized carbons (Fsp3) is 0.250. The van der Waals surface area contributed by atoms with E-state index in [4.69, 9.17) is 16.3 Å². The molecule has 0 amide bonds. The minimum atomic E-state index is 0.211. The van der Waals surface area contributed by atoms with Crippen molar-refractivity contribution < 1.29 is 9.84 Å². The zero-order valence-electron chi connectivity index (χ0n) is 11.9. The summed E-state index contributed by atoms with van der Waals surface area (Å²) in [6.07, 6.45) is 0. The molecule has 0 saturated heterocycles. The highest BCUT2D eigenvalue weighted by Crippen LogP contribution is 2.21. The van der Waals surface area contributed by atoms with Gasteiger partial charge in [0.25, 0.3) is 0 Å². The van der Waals surface area contributed by atoms with Crippen LogP contribution in [0.4, 0.5) is 5.69 Å². The molecular formula is C16H19ClN2O2. The number of ether oxygens (including phenoxy) is 1. The number of rotatable bonds is 7. The van der Waals surface area contributed by atoms with Crippen molar-refractivity contribution in [3.05, 3.63) is 53.1 Å². The third-order valence-electron chi connectivity index (χ3n) is 2.97. The summed E-state index contributed by atoms with van der Waals surface area (Å²) in [7, 11) is 1.58. The number of anilines is 1. The highest BCUT2D eigenvalue weighted by molar-refractivity contribution is 6.30. The van der Waals surface area contributed by atoms with Crippen molar-refractivity contribution >= 4 is 17.3 Å². The molecule has 0 aliphatic rings. The van der Waals surface area contributed by atoms with Gasteiger partial charge in [-0.1, -0.05) is 17.7 Å². The van der Waals surface area contributed by atoms with Gasteiger partial charge in [0.05, 0.1) is 7.11 Å². The molecule has 0 aliphatic carbocycles. The lowest BCUT2D eigenvalue weighted by Gasteiger charge is -2.09. The van der Waals surface area contributed by atoms with Gasteiger partial charge in [-0.25, -0.2) is 0 Å². The van der Waals surface area contributed by atoms with Crippen LogP contribution in [-0.2, 0) is 6.54 Å². The number of phenols is 1. The molecule has 2 aromatic rings. The second-order valence-corrected chi connectivity index (χ2v) is 5.09. The molecule has 0 aliphatic heterocycles. The molecule has 0 heterocycles. The average molecular weight is 307 g/mol. The molecule has 0 unspecified atom stereocenters. The van der Waals surface area contributed by atoms with E-state index in [-0.39, 0.29) is 5.75 Å². The average Bonchev–Trinajstić information content (AvgIpc) is 2.46. The number of halogens is 1. The topological polar surface area (TPSA) is 53.5 Å². The van der Waals surface area contributed by atoms with E-state index in [1.807, 2.05) is 30.3 Å². The number of hydrogen-bond donors (Lipinski definition) is 3. The molecule has 5 heteroatoms. The van der Waals surface area contributed by atoms with Gasteiger partial charge < -0.3 is 20.5 Å². The smallest absolute Gasteiger partial charge is 0.122 e. The predicted molar refractivity (Wildman–Crippen MR) is 86.3 cm³/mol. The van der Waals surface area contributed by atoms with E-state index >= 15 is 0 Å². The lowest BCUT2D eigenvalue weighted by Crippen LogP contribution is -2.21. The molecule has 0 atom stereocenters. The number of hydrogen-bond acceptors (Lipinski definition) is 4. The van der Waals surface area contributed by atoms with Crippen LogP contribution in [-0.4, -0.2) is 25.3 Å². The Bertz CT molecular complexity index is 590. The van der Waals surface area contributed by atoms with Gasteiger partial charge in [0.2, 0.25) is 0 Å². The second kappa shape index (κ2) is 7.76. The number of nitrogens with one attached hydrogen (secondary N) is 2. The van der Waals surface area contributed by atoms with Crippen LogP contribution >= 0.6 is 11.6 Å². The monoisotopic (exact) mass is 306 g/mol. The van der Waals surface area contributed by atoms with Gasteiger partial charge in [0, 0.05) is 36.4 Å². The molecule has 0 bridgehead atoms. The summed E-state index contributed by atoms with van der Waals surface area (Å²) in [6, 6.07) is 12.8. The van der Waals surface area contributed by atoms with Crippen LogP contribution in [0.5, 0.6) is 11.5 Å². The highest BCUT2D eigenvalue weighted by Gasteiger charge is 2.00. The maximum Gasteiger partial charge on any atom is 0.122 e. The molecule has 21 heavy (non-hydrogen) atoms. The molecule has 2 aromatic carbocycles. The fourth-order valence-electron chi connectivity index (χ4n) is 1.99. The van der Waals surface area contributed by atoms with E-state index in [2.05, 4.69) is 10.6 Å². The van der Waals surface area contributed by atoms with Crippen LogP contribution < -0.4 is 15.4 Å². The summed E-state index contributed by atoms with van der Waals surface area (Å²) in [5, 5.41) is 16.9. The molecule has 112 valence electrons. The Morgan fingerprint density at radius 3 is 2.76 bits per heavy atom. The van der Waals surface area contributed by atoms with Gasteiger partial charge >= 0.3 is 0 Å². The molecule has 3 N–H and O–H groups in total. The third-order valence-corrected chi connectivity index (χ3v) is 3.21. The number of benzene rings is 2. The minimum Gasteiger partial charge on any atom is -0.508 e. The van der Waals surface area contributed by atoms with Crippen LogP contribution in [0.15, 0.2) is 42.5 Å². The van der Waals surface area contributed by atoms with E-state index in [0.29, 0.717) is 12.3 Å². The summed E-state index contributed by atoms with van der Waals surface area (Å²) in [6.45, 7) is 2.25. The largest absolute Gasteiger partial charge is 0.508 e. The van der Waals surface area contributed by atoms with E-state index < -0.39 is 0 Å². The van der Waals surface area contributed by atoms with Crippen molar-refractivity contribution in [3.8, 4) is 11.5 Å². The van der Waals surface area contributed by atoms with E-state index in [1.54, 1.807) is 19.2 Å². The quantitative estimate of drug-likeness (QED) is 0.687. The zero-order valence-corrected chi connectivity index (χ0v) is 12.7. The molecular weight excluding hydrogens is 288 g/mol. The van der Waals surface area contributed by atoms with Gasteiger partial charge in [0.1, 0.15) is 11.5 Å². The van der Waals surface area contributed by atoms with Crippen molar-refractivity contribution in [1.82, 2.24) is 5.32 Å². The van der Waals surface area contributed by atoms with Gasteiger partial charge in [-0.3, -0.25) is 0 Å². The normalized spacial score (nSPS) is 10.4. The van der Waals surface area contributed by atoms with E-state index in [1.165, 1.54) is 0 Å². The molecule has 0 aromatic heterocycles. The van der Waals surface area contributed by atoms with Crippen molar-refractivity contribution in [2.24, 2.45) is 0 Å². The maximum absolute atomic E-state index is 9.57. The van der Waals surface area contributed by atoms with Gasteiger partial charge in [-0.2, -0.15) is 0 Å². The molecule has 0 fully saturated rings. The minimum absolute atomic E-state index is 0.211. The zero-order chi connectivity index (χ0) is 15.1. The van der Waals surface area contributed by atoms with Crippen molar-refractivity contribution in [2.45, 2.75) is 6.54 Å². The van der Waals surface area contributed by atoms with Crippen LogP contribution in [0.1, 0.15) is 5.56 Å². The fourth-order valence-corrected chi connectivity index (χ4v) is 2.18. The standard InChI is InChI=1S/C16H19ClN2O2/c1-21-16-8-12(7-15(20)10-16)11-18-5-6-19-14-4-2-3-13(17)9-14/h2-4,7-10,18-20H,5-6,11H2,1H3. The summed E-state index contributed by atoms with van der Waals surface area (Å²) in [5.74, 6) is 0.868. The van der Waals surface area contributed by atoms with Crippen LogP contribution in [0.25, 0.3) is 0 Å². The lowest BCUT2D eigenvalue weighted by atomic mass is 10.2. The Balaban J connectivity index is 1.73. The van der Waals surface area contributed by atoms with Crippen molar-refractivity contribution in [3.63, 3.8) is 0 Å². The van der Waals surface area contributed by atoms with Crippen LogP contribution in [0.3, 0.4) is 0 Å². The van der Waals surface area contributed by atoms with Gasteiger partial charge in [0.15, 0.2) is 0 Å². The molecule has 0 radical (unpaired) electrons. The SMILES string of the molecule is COc1cc(O)cc(CNCCNc2cccc(Cl)c2)c1. The Kier molecular flexibility index (Phi) is 5.72. The Labute approximate surface area is 129 Å². The first-order chi connectivity index (χ1) is 10.2. The first-order valence-corrected chi connectivity index (χ1v) is 7.12. The number of phenolic OH excluding ortho intramolecular Hbond substituents is 1. The third kappa shape index (κ3) is 5.17. The highest BCUT2D eigenvalue weighted by atomic mass is 35.5. The summed E-state index contributed by atoms with van der Waals surface area (Å²) >= 11 is 5.92. The van der Waals surface area contributed by atoms with Crippen molar-refractivity contribution in [2.75, 3.05) is 25.5 Å². The second-order valence-electron chi connectivity index (χ2n) is 4.65. The van der Waals surface area contributed by atoms with Gasteiger partial charge in [-0.05, 0) is 35.9 Å². The van der Waals surface area contributed by atoms with Crippen molar-refractivity contribution in [1.29, 1.82) is 0 Å². The molecule has 4 nitrogen and oxygen atoms in total. The first kappa shape index (κ1) is 15.5. The van der Waals surface area contributed by atoms with E-state index in [0.717, 1.165) is 29.4 Å². The Hall–Kier alpha value is -1.91. The summed E-state index contributed by atoms with van der Waals surface area (Å²) in [4.78, 5) is 0. The number of methoxy groups -OCH3 is 1. The molecule has 0 saturated carbocycles. The van der Waals surface area contributed by atoms with Crippen LogP contribution in [0, 0.1) is 0 Å². The Morgan fingerprint density at radius 1 is 1.14 bits per heavy atom. The summed E-state index contributed by atoms with van der Waals surface area (Å²) < 4.78 is 5.12. The Morgan fingerprint density at radius 2 is 2.00 bits per heavy atom. The lowest BCUT2D eigenvalue weighted by molar-refractivity contribution is 0.406. The first-order valence-electron chi connectivity index (χ1n) is 6.74. The number of aromatic hydroxyl groups is 1. The predicted octanol–water partition coefficient (Wildman–Crippen LogP) is 3.26. The molecule has 2 rings (SSSR count). The summed E-state index contributed by atoms with van der Waals surface area (Å²) in [5.41, 5.74) is 1.98. The maximum atomic E-state index is 9.57.